The molecule has 0 saturated carbocycles. The summed E-state index contributed by atoms with van der Waals surface area (Å²) in [6, 6.07) is 18.0. The Kier molecular flexibility index (Phi) is 3.45. The molecule has 0 spiro atoms. The minimum atomic E-state index is 0.476. The lowest BCUT2D eigenvalue weighted by Crippen LogP contribution is -2.24. The molecule has 3 aromatic rings. The van der Waals surface area contributed by atoms with Gasteiger partial charge >= 0.3 is 0 Å². The summed E-state index contributed by atoms with van der Waals surface area (Å²) in [7, 11) is 0. The van der Waals surface area contributed by atoms with Gasteiger partial charge in [0.25, 0.3) is 0 Å². The van der Waals surface area contributed by atoms with Crippen molar-refractivity contribution in [1.29, 1.82) is 0 Å². The topological polar surface area (TPSA) is 27.8 Å². The van der Waals surface area contributed by atoms with Gasteiger partial charge in [-0.05, 0) is 53.0 Å². The molecule has 0 amide bonds. The van der Waals surface area contributed by atoms with Gasteiger partial charge in [-0.2, -0.15) is 0 Å². The van der Waals surface area contributed by atoms with Gasteiger partial charge in [0.15, 0.2) is 0 Å². The maximum absolute atomic E-state index is 3.73. The van der Waals surface area contributed by atoms with E-state index in [0.29, 0.717) is 6.04 Å². The van der Waals surface area contributed by atoms with Crippen molar-refractivity contribution in [2.75, 3.05) is 5.75 Å². The molecular formula is C18H18N2S. The molecule has 1 unspecified atom stereocenters. The SMILES string of the molecule is c1ccc2c(c1)SCCC2NCc1ccc2[nH]ccc2c1. The van der Waals surface area contributed by atoms with E-state index in [0.717, 1.165) is 6.54 Å². The van der Waals surface area contributed by atoms with E-state index in [1.54, 1.807) is 0 Å². The fourth-order valence-electron chi connectivity index (χ4n) is 3.01. The highest BCUT2D eigenvalue weighted by atomic mass is 32.2. The molecular weight excluding hydrogens is 276 g/mol. The van der Waals surface area contributed by atoms with Crippen LogP contribution >= 0.6 is 11.8 Å². The third-order valence-corrected chi connectivity index (χ3v) is 5.25. The first-order chi connectivity index (χ1) is 10.4. The summed E-state index contributed by atoms with van der Waals surface area (Å²) in [6.45, 7) is 0.921. The number of hydrogen-bond acceptors (Lipinski definition) is 2. The van der Waals surface area contributed by atoms with E-state index in [1.807, 2.05) is 18.0 Å². The van der Waals surface area contributed by atoms with Gasteiger partial charge < -0.3 is 10.3 Å². The van der Waals surface area contributed by atoms with Gasteiger partial charge in [-0.3, -0.25) is 0 Å². The van der Waals surface area contributed by atoms with Crippen molar-refractivity contribution in [2.45, 2.75) is 23.9 Å². The minimum absolute atomic E-state index is 0.476. The molecule has 3 heteroatoms. The third kappa shape index (κ3) is 2.59. The number of aromatic nitrogens is 1. The highest BCUT2D eigenvalue weighted by molar-refractivity contribution is 7.99. The Balaban J connectivity index is 1.52. The van der Waals surface area contributed by atoms with Gasteiger partial charge in [-0.1, -0.05) is 24.3 Å². The summed E-state index contributed by atoms with van der Waals surface area (Å²) >= 11 is 1.97. The van der Waals surface area contributed by atoms with Crippen LogP contribution in [0, 0.1) is 0 Å². The quantitative estimate of drug-likeness (QED) is 0.744. The van der Waals surface area contributed by atoms with Gasteiger partial charge in [0, 0.05) is 29.2 Å². The van der Waals surface area contributed by atoms with Crippen LogP contribution in [0.3, 0.4) is 0 Å². The Morgan fingerprint density at radius 2 is 2.10 bits per heavy atom. The Hall–Kier alpha value is -1.71. The van der Waals surface area contributed by atoms with E-state index in [-0.39, 0.29) is 0 Å². The van der Waals surface area contributed by atoms with Crippen molar-refractivity contribution in [1.82, 2.24) is 10.3 Å². The van der Waals surface area contributed by atoms with Crippen LogP contribution < -0.4 is 5.32 Å². The fraction of sp³-hybridized carbons (Fsp3) is 0.222. The summed E-state index contributed by atoms with van der Waals surface area (Å²) in [5.74, 6) is 1.20. The maximum Gasteiger partial charge on any atom is 0.0454 e. The average molecular weight is 294 g/mol. The summed E-state index contributed by atoms with van der Waals surface area (Å²) in [4.78, 5) is 4.67. The van der Waals surface area contributed by atoms with Crippen LogP contribution in [0.15, 0.2) is 59.6 Å². The van der Waals surface area contributed by atoms with Gasteiger partial charge in [0.1, 0.15) is 0 Å². The predicted molar refractivity (Wildman–Crippen MR) is 89.7 cm³/mol. The predicted octanol–water partition coefficient (Wildman–Crippen LogP) is 4.49. The standard InChI is InChI=1S/C18H18N2S/c1-2-4-18-15(3-1)17(8-10-21-18)20-12-13-5-6-16-14(11-13)7-9-19-16/h1-7,9,11,17,19-20H,8,10,12H2. The molecule has 21 heavy (non-hydrogen) atoms. The van der Waals surface area contributed by atoms with Gasteiger partial charge in [0.2, 0.25) is 0 Å². The number of aromatic amines is 1. The number of nitrogens with one attached hydrogen (secondary N) is 2. The molecule has 4 rings (SSSR count). The van der Waals surface area contributed by atoms with Gasteiger partial charge in [-0.15, -0.1) is 11.8 Å². The molecule has 0 aliphatic carbocycles. The number of rotatable bonds is 3. The molecule has 2 N–H and O–H groups in total. The molecule has 1 atom stereocenters. The van der Waals surface area contributed by atoms with Crippen molar-refractivity contribution >= 4 is 22.7 Å². The summed E-state index contributed by atoms with van der Waals surface area (Å²) in [5.41, 5.74) is 4.01. The summed E-state index contributed by atoms with van der Waals surface area (Å²) in [6.07, 6.45) is 3.20. The Morgan fingerprint density at radius 1 is 1.14 bits per heavy atom. The normalized spacial score (nSPS) is 17.8. The second kappa shape index (κ2) is 5.58. The van der Waals surface area contributed by atoms with Crippen LogP contribution in [0.2, 0.25) is 0 Å². The first-order valence-electron chi connectivity index (χ1n) is 7.41. The van der Waals surface area contributed by atoms with Gasteiger partial charge in [-0.25, -0.2) is 0 Å². The van der Waals surface area contributed by atoms with Crippen molar-refractivity contribution in [3.05, 3.63) is 65.9 Å². The van der Waals surface area contributed by atoms with Crippen LogP contribution in [0.5, 0.6) is 0 Å². The molecule has 0 saturated heterocycles. The van der Waals surface area contributed by atoms with Crippen molar-refractivity contribution in [3.63, 3.8) is 0 Å². The van der Waals surface area contributed by atoms with E-state index in [1.165, 1.54) is 39.1 Å². The average Bonchev–Trinajstić information content (AvgIpc) is 3.00. The molecule has 2 aromatic carbocycles. The number of H-pyrrole nitrogens is 1. The third-order valence-electron chi connectivity index (χ3n) is 4.13. The maximum atomic E-state index is 3.73. The number of hydrogen-bond donors (Lipinski definition) is 2. The number of fused-ring (bicyclic) bond motifs is 2. The largest absolute Gasteiger partial charge is 0.361 e. The second-order valence-electron chi connectivity index (χ2n) is 5.51. The Labute approximate surface area is 129 Å². The molecule has 2 heterocycles. The number of benzene rings is 2. The molecule has 0 bridgehead atoms. The summed E-state index contributed by atoms with van der Waals surface area (Å²) < 4.78 is 0. The molecule has 106 valence electrons. The molecule has 0 radical (unpaired) electrons. The van der Waals surface area contributed by atoms with E-state index in [4.69, 9.17) is 0 Å². The smallest absolute Gasteiger partial charge is 0.0454 e. The Morgan fingerprint density at radius 3 is 3.10 bits per heavy atom. The van der Waals surface area contributed by atoms with E-state index in [9.17, 15) is 0 Å². The lowest BCUT2D eigenvalue weighted by Gasteiger charge is -2.26. The highest BCUT2D eigenvalue weighted by Gasteiger charge is 2.19. The lowest BCUT2D eigenvalue weighted by atomic mass is 10.0. The van der Waals surface area contributed by atoms with Crippen molar-refractivity contribution in [2.24, 2.45) is 0 Å². The van der Waals surface area contributed by atoms with Crippen molar-refractivity contribution in [3.8, 4) is 0 Å². The highest BCUT2D eigenvalue weighted by Crippen LogP contribution is 2.35. The monoisotopic (exact) mass is 294 g/mol. The zero-order valence-electron chi connectivity index (χ0n) is 11.8. The van der Waals surface area contributed by atoms with E-state index < -0.39 is 0 Å². The summed E-state index contributed by atoms with van der Waals surface area (Å²) in [5, 5.41) is 5.01. The zero-order chi connectivity index (χ0) is 14.1. The number of thioether (sulfide) groups is 1. The van der Waals surface area contributed by atoms with Crippen LogP contribution in [0.1, 0.15) is 23.6 Å². The van der Waals surface area contributed by atoms with E-state index in [2.05, 4.69) is 58.8 Å². The van der Waals surface area contributed by atoms with Crippen LogP contribution in [-0.4, -0.2) is 10.7 Å². The first kappa shape index (κ1) is 13.0. The molecule has 0 fully saturated rings. The molecule has 1 aliphatic rings. The van der Waals surface area contributed by atoms with Crippen LogP contribution in [0.4, 0.5) is 0 Å². The van der Waals surface area contributed by atoms with E-state index >= 15 is 0 Å². The molecule has 1 aliphatic heterocycles. The van der Waals surface area contributed by atoms with Crippen LogP contribution in [0.25, 0.3) is 10.9 Å². The van der Waals surface area contributed by atoms with Crippen LogP contribution in [-0.2, 0) is 6.54 Å². The first-order valence-corrected chi connectivity index (χ1v) is 8.40. The van der Waals surface area contributed by atoms with Gasteiger partial charge in [0.05, 0.1) is 0 Å². The minimum Gasteiger partial charge on any atom is -0.361 e. The molecule has 1 aromatic heterocycles. The Bertz CT molecular complexity index is 763. The zero-order valence-corrected chi connectivity index (χ0v) is 12.6. The second-order valence-corrected chi connectivity index (χ2v) is 6.64. The molecule has 2 nitrogen and oxygen atoms in total. The lowest BCUT2D eigenvalue weighted by molar-refractivity contribution is 0.510. The van der Waals surface area contributed by atoms with Crippen molar-refractivity contribution < 1.29 is 0 Å². The fourth-order valence-corrected chi connectivity index (χ4v) is 4.13.